The van der Waals surface area contributed by atoms with Crippen LogP contribution in [0.5, 0.6) is 0 Å². The summed E-state index contributed by atoms with van der Waals surface area (Å²) in [6, 6.07) is 14.9. The number of hydrogen-bond acceptors (Lipinski definition) is 10. The number of hydrogen-bond donors (Lipinski definition) is 2. The molecule has 2 N–H and O–H groups in total. The predicted octanol–water partition coefficient (Wildman–Crippen LogP) is 4.64. The summed E-state index contributed by atoms with van der Waals surface area (Å²) in [5, 5.41) is 13.8. The Hall–Kier alpha value is -3.65. The van der Waals surface area contributed by atoms with Crippen LogP contribution in [0.15, 0.2) is 54.1 Å². The summed E-state index contributed by atoms with van der Waals surface area (Å²) < 4.78 is 26.2. The fourth-order valence-electron chi connectivity index (χ4n) is 12.9. The van der Waals surface area contributed by atoms with Crippen LogP contribution in [0.2, 0.25) is 0 Å². The van der Waals surface area contributed by atoms with Crippen molar-refractivity contribution in [3.63, 3.8) is 0 Å². The van der Waals surface area contributed by atoms with Gasteiger partial charge in [-0.05, 0) is 91.4 Å². The zero-order chi connectivity index (χ0) is 40.5. The molecule has 8 fully saturated rings. The highest BCUT2D eigenvalue weighted by molar-refractivity contribution is 5.96. The van der Waals surface area contributed by atoms with Crippen LogP contribution in [-0.4, -0.2) is 107 Å². The van der Waals surface area contributed by atoms with E-state index in [2.05, 4.69) is 68.6 Å². The molecule has 5 aliphatic heterocycles. The van der Waals surface area contributed by atoms with E-state index in [1.165, 1.54) is 18.4 Å². The number of nitrogens with zero attached hydrogens (tertiary/aromatic N) is 2. The van der Waals surface area contributed by atoms with Gasteiger partial charge in [-0.15, -0.1) is 0 Å². The fraction of sp³-hybridized carbons (Fsp3) is 0.638. The lowest BCUT2D eigenvalue weighted by Crippen LogP contribution is -2.70. The van der Waals surface area contributed by atoms with Gasteiger partial charge in [-0.25, -0.2) is 0 Å². The van der Waals surface area contributed by atoms with Gasteiger partial charge in [0.2, 0.25) is 11.8 Å². The van der Waals surface area contributed by atoms with Gasteiger partial charge in [-0.2, -0.15) is 5.06 Å². The Bertz CT molecular complexity index is 2060. The largest absolute Gasteiger partial charge is 0.458 e. The number of carbonyl (C=O) groups is 3. The van der Waals surface area contributed by atoms with Crippen molar-refractivity contribution in [3.8, 4) is 0 Å². The molecule has 12 nitrogen and oxygen atoms in total. The van der Waals surface area contributed by atoms with Gasteiger partial charge < -0.3 is 34.3 Å². The number of hydroxylamine groups is 2. The molecule has 2 amide bonds. The molecule has 2 aromatic rings. The van der Waals surface area contributed by atoms with E-state index in [1.54, 1.807) is 9.96 Å². The summed E-state index contributed by atoms with van der Waals surface area (Å²) in [7, 11) is 0. The zero-order valence-electron chi connectivity index (χ0n) is 34.4. The summed E-state index contributed by atoms with van der Waals surface area (Å²) in [5.41, 5.74) is 4.93. The normalized spacial score (nSPS) is 40.2. The summed E-state index contributed by atoms with van der Waals surface area (Å²) >= 11 is 0. The topological polar surface area (TPSA) is 139 Å². The van der Waals surface area contributed by atoms with Gasteiger partial charge in [-0.3, -0.25) is 19.2 Å². The van der Waals surface area contributed by atoms with Crippen LogP contribution in [-0.2, 0) is 57.6 Å². The number of nitrogens with one attached hydrogen (secondary N) is 1. The Kier molecular flexibility index (Phi) is 8.87. The molecule has 9 aliphatic rings. The number of rotatable bonds is 7. The summed E-state index contributed by atoms with van der Waals surface area (Å²) in [5.74, 6) is -0.819. The number of aliphatic hydroxyl groups is 1. The highest BCUT2D eigenvalue weighted by Crippen LogP contribution is 2.61. The highest BCUT2D eigenvalue weighted by atomic mass is 16.8. The highest BCUT2D eigenvalue weighted by Gasteiger charge is 2.77. The molecule has 3 saturated carbocycles. The molecule has 1 spiro atoms. The number of esters is 1. The lowest BCUT2D eigenvalue weighted by Gasteiger charge is -2.53. The van der Waals surface area contributed by atoms with E-state index in [0.29, 0.717) is 55.6 Å². The molecule has 11 unspecified atom stereocenters. The van der Waals surface area contributed by atoms with Crippen molar-refractivity contribution in [1.29, 1.82) is 0 Å². The fourth-order valence-corrected chi connectivity index (χ4v) is 12.9. The maximum Gasteiger partial charge on any atom is 0.327 e. The molecule has 0 radical (unpaired) electrons. The van der Waals surface area contributed by atoms with Crippen LogP contribution in [0.4, 0.5) is 0 Å². The van der Waals surface area contributed by atoms with Crippen molar-refractivity contribution in [2.45, 2.75) is 146 Å². The monoisotopic (exact) mass is 807 g/mol. The lowest BCUT2D eigenvalue weighted by atomic mass is 9.52. The molecule has 5 saturated heterocycles. The van der Waals surface area contributed by atoms with Gasteiger partial charge in [0.05, 0.1) is 24.9 Å². The van der Waals surface area contributed by atoms with E-state index in [4.69, 9.17) is 23.8 Å². The molecule has 59 heavy (non-hydrogen) atoms. The van der Waals surface area contributed by atoms with Crippen LogP contribution in [0, 0.1) is 22.7 Å². The average Bonchev–Trinajstić information content (AvgIpc) is 3.73. The van der Waals surface area contributed by atoms with Crippen LogP contribution < -0.4 is 5.32 Å². The number of amides is 2. The summed E-state index contributed by atoms with van der Waals surface area (Å²) in [4.78, 5) is 51.6. The molecule has 2 aromatic carbocycles. The second-order valence-electron chi connectivity index (χ2n) is 20.0. The minimum absolute atomic E-state index is 0.0457. The third kappa shape index (κ3) is 6.02. The quantitative estimate of drug-likeness (QED) is 0.301. The van der Waals surface area contributed by atoms with Gasteiger partial charge in [0, 0.05) is 32.4 Å². The van der Waals surface area contributed by atoms with Crippen LogP contribution in [0.3, 0.4) is 0 Å². The van der Waals surface area contributed by atoms with Crippen LogP contribution in [0.1, 0.15) is 94.4 Å². The van der Waals surface area contributed by atoms with Crippen molar-refractivity contribution >= 4 is 23.9 Å². The Morgan fingerprint density at radius 3 is 2.46 bits per heavy atom. The van der Waals surface area contributed by atoms with E-state index in [0.717, 1.165) is 41.5 Å². The van der Waals surface area contributed by atoms with E-state index < -0.39 is 53.7 Å². The first-order valence-corrected chi connectivity index (χ1v) is 22.1. The van der Waals surface area contributed by atoms with Gasteiger partial charge in [0.25, 0.3) is 0 Å². The minimum atomic E-state index is -1.36. The lowest BCUT2D eigenvalue weighted by molar-refractivity contribution is -0.218. The van der Waals surface area contributed by atoms with Crippen molar-refractivity contribution in [1.82, 2.24) is 15.3 Å². The van der Waals surface area contributed by atoms with E-state index in [1.807, 2.05) is 12.1 Å². The van der Waals surface area contributed by atoms with Gasteiger partial charge in [-0.1, -0.05) is 74.0 Å². The maximum absolute atomic E-state index is 15.3. The number of likely N-dealkylation sites (tertiary alicyclic amines) is 1. The predicted molar refractivity (Wildman–Crippen MR) is 214 cm³/mol. The molecule has 11 atom stereocenters. The number of epoxide rings is 1. The van der Waals surface area contributed by atoms with Crippen molar-refractivity contribution in [2.24, 2.45) is 22.7 Å². The van der Waals surface area contributed by atoms with Gasteiger partial charge in [0.15, 0.2) is 11.8 Å². The SMILES string of the molecule is CC1(C)CC2C(=Cc3ccc(CN4OC5C6OC7(Cc8ccccc8C7)OC6C6CC5(C(=O)N5CCCC5C(=O)NCCO)C4C(=O)O6)cc3)CCC3OC3(C)CCC21. The summed E-state index contributed by atoms with van der Waals surface area (Å²) in [6.07, 6.45) is 8.00. The summed E-state index contributed by atoms with van der Waals surface area (Å²) in [6.45, 7) is 7.65. The first-order valence-electron chi connectivity index (χ1n) is 22.1. The molecule has 2 bridgehead atoms. The third-order valence-electron chi connectivity index (χ3n) is 16.0. The second kappa shape index (κ2) is 13.7. The molecule has 5 heterocycles. The number of benzene rings is 2. The van der Waals surface area contributed by atoms with E-state index >= 15 is 4.79 Å². The zero-order valence-corrected chi connectivity index (χ0v) is 34.4. The van der Waals surface area contributed by atoms with Crippen molar-refractivity contribution in [3.05, 3.63) is 76.4 Å². The first-order chi connectivity index (χ1) is 28.4. The number of allylic oxidation sites excluding steroid dienone is 1. The first kappa shape index (κ1) is 38.3. The molecule has 314 valence electrons. The minimum Gasteiger partial charge on any atom is -0.458 e. The van der Waals surface area contributed by atoms with Crippen molar-refractivity contribution < 1.29 is 43.3 Å². The Labute approximate surface area is 345 Å². The molecular formula is C47H57N3O9. The smallest absolute Gasteiger partial charge is 0.327 e. The standard InChI is InChI=1S/C47H57N3O9/c1-44(2)24-32-29(14-15-36-45(3,56-36)17-16-33(32)44)21-27-10-12-28(13-11-27)26-50-39-42(53)55-35-25-47(39,43(54)49-19-6-9-34(49)41(52)48-18-20-51)40(59-50)38-37(35)57-46(58-38)22-30-7-4-5-8-31(30)23-46/h4-5,7-8,10-13,21,32-40,51H,6,9,14-20,22-26H2,1-3H3,(H,48,52). The van der Waals surface area contributed by atoms with Gasteiger partial charge >= 0.3 is 5.97 Å². The average molecular weight is 808 g/mol. The van der Waals surface area contributed by atoms with E-state index in [-0.39, 0.29) is 43.5 Å². The number of ether oxygens (including phenoxy) is 4. The van der Waals surface area contributed by atoms with Crippen LogP contribution in [0.25, 0.3) is 6.08 Å². The second-order valence-corrected chi connectivity index (χ2v) is 20.0. The van der Waals surface area contributed by atoms with Crippen LogP contribution >= 0.6 is 0 Å². The molecule has 4 aliphatic carbocycles. The number of aliphatic hydroxyl groups excluding tert-OH is 1. The molecule has 11 rings (SSSR count). The maximum atomic E-state index is 15.3. The molecular weight excluding hydrogens is 751 g/mol. The Balaban J connectivity index is 0.893. The van der Waals surface area contributed by atoms with Crippen molar-refractivity contribution in [2.75, 3.05) is 19.7 Å². The molecule has 12 heteroatoms. The third-order valence-corrected chi connectivity index (χ3v) is 16.0. The molecule has 0 aromatic heterocycles. The Morgan fingerprint density at radius 2 is 1.71 bits per heavy atom. The Morgan fingerprint density at radius 1 is 0.949 bits per heavy atom. The number of carbonyl (C=O) groups excluding carboxylic acids is 3. The van der Waals surface area contributed by atoms with E-state index in [9.17, 15) is 14.7 Å². The van der Waals surface area contributed by atoms with Gasteiger partial charge in [0.1, 0.15) is 35.9 Å². The number of fused-ring (bicyclic) bond motifs is 7.